The zero-order valence-corrected chi connectivity index (χ0v) is 12.0. The summed E-state index contributed by atoms with van der Waals surface area (Å²) in [6.45, 7) is 3.85. The lowest BCUT2D eigenvalue weighted by Crippen LogP contribution is -2.37. The molecule has 1 aliphatic heterocycles. The number of likely N-dealkylation sites (tertiary alicyclic amines) is 1. The molecule has 0 saturated carbocycles. The first kappa shape index (κ1) is 14.7. The van der Waals surface area contributed by atoms with E-state index in [1.54, 1.807) is 25.3 Å². The van der Waals surface area contributed by atoms with Crippen LogP contribution >= 0.6 is 0 Å². The summed E-state index contributed by atoms with van der Waals surface area (Å²) in [5.41, 5.74) is 6.83. The molecule has 5 heteroatoms. The first-order valence-electron chi connectivity index (χ1n) is 7.14. The van der Waals surface area contributed by atoms with Gasteiger partial charge >= 0.3 is 0 Å². The molecule has 1 aromatic rings. The Morgan fingerprint density at radius 3 is 2.75 bits per heavy atom. The van der Waals surface area contributed by atoms with E-state index in [2.05, 4.69) is 10.2 Å². The van der Waals surface area contributed by atoms with E-state index in [1.165, 1.54) is 19.3 Å². The van der Waals surface area contributed by atoms with E-state index in [0.29, 0.717) is 23.5 Å². The molecular formula is C15H23N3O2. The fraction of sp³-hybridized carbons (Fsp3) is 0.533. The van der Waals surface area contributed by atoms with Crippen molar-refractivity contribution >= 4 is 11.6 Å². The number of benzene rings is 1. The number of nitrogen functional groups attached to an aromatic ring is 1. The number of nitrogens with one attached hydrogen (secondary N) is 1. The van der Waals surface area contributed by atoms with Gasteiger partial charge < -0.3 is 20.7 Å². The fourth-order valence-electron chi connectivity index (χ4n) is 2.48. The molecule has 20 heavy (non-hydrogen) atoms. The van der Waals surface area contributed by atoms with Crippen LogP contribution in [0.1, 0.15) is 29.6 Å². The zero-order chi connectivity index (χ0) is 14.4. The molecule has 1 aromatic carbocycles. The maximum absolute atomic E-state index is 12.1. The quantitative estimate of drug-likeness (QED) is 0.800. The summed E-state index contributed by atoms with van der Waals surface area (Å²) in [4.78, 5) is 14.5. The molecule has 1 saturated heterocycles. The highest BCUT2D eigenvalue weighted by Crippen LogP contribution is 2.18. The second-order valence-corrected chi connectivity index (χ2v) is 5.15. The third-order valence-corrected chi connectivity index (χ3v) is 3.59. The molecule has 0 unspecified atom stereocenters. The molecule has 0 bridgehead atoms. The third-order valence-electron chi connectivity index (χ3n) is 3.59. The Morgan fingerprint density at radius 1 is 1.30 bits per heavy atom. The van der Waals surface area contributed by atoms with Gasteiger partial charge in [0.2, 0.25) is 0 Å². The van der Waals surface area contributed by atoms with E-state index in [9.17, 15) is 4.79 Å². The number of methoxy groups -OCH3 is 1. The minimum absolute atomic E-state index is 0.104. The van der Waals surface area contributed by atoms with E-state index >= 15 is 0 Å². The van der Waals surface area contributed by atoms with E-state index < -0.39 is 0 Å². The minimum Gasteiger partial charge on any atom is -0.497 e. The van der Waals surface area contributed by atoms with Crippen LogP contribution < -0.4 is 15.8 Å². The highest BCUT2D eigenvalue weighted by atomic mass is 16.5. The summed E-state index contributed by atoms with van der Waals surface area (Å²) in [6.07, 6.45) is 3.85. The Hall–Kier alpha value is -1.75. The molecule has 0 spiro atoms. The van der Waals surface area contributed by atoms with Gasteiger partial charge in [-0.15, -0.1) is 0 Å². The summed E-state index contributed by atoms with van der Waals surface area (Å²) in [5.74, 6) is 0.499. The van der Waals surface area contributed by atoms with Crippen LogP contribution in [0.2, 0.25) is 0 Å². The Labute approximate surface area is 120 Å². The van der Waals surface area contributed by atoms with E-state index in [1.807, 2.05) is 0 Å². The summed E-state index contributed by atoms with van der Waals surface area (Å²) in [5, 5.41) is 2.93. The van der Waals surface area contributed by atoms with Crippen LogP contribution in [-0.2, 0) is 0 Å². The van der Waals surface area contributed by atoms with Crippen molar-refractivity contribution < 1.29 is 9.53 Å². The number of carbonyl (C=O) groups is 1. The number of hydrogen-bond acceptors (Lipinski definition) is 4. The summed E-state index contributed by atoms with van der Waals surface area (Å²) >= 11 is 0. The molecule has 5 nitrogen and oxygen atoms in total. The van der Waals surface area contributed by atoms with Gasteiger partial charge in [-0.2, -0.15) is 0 Å². The van der Waals surface area contributed by atoms with Gasteiger partial charge in [-0.1, -0.05) is 6.42 Å². The number of piperidine rings is 1. The monoisotopic (exact) mass is 277 g/mol. The highest BCUT2D eigenvalue weighted by Gasteiger charge is 2.11. The predicted octanol–water partition coefficient (Wildman–Crippen LogP) is 1.49. The van der Waals surface area contributed by atoms with E-state index in [4.69, 9.17) is 10.5 Å². The van der Waals surface area contributed by atoms with Gasteiger partial charge in [-0.3, -0.25) is 4.79 Å². The number of carbonyl (C=O) groups excluding carboxylic acids is 1. The van der Waals surface area contributed by atoms with Crippen molar-refractivity contribution in [2.75, 3.05) is 39.0 Å². The summed E-state index contributed by atoms with van der Waals surface area (Å²) in [6, 6.07) is 5.07. The summed E-state index contributed by atoms with van der Waals surface area (Å²) in [7, 11) is 1.56. The van der Waals surface area contributed by atoms with Gasteiger partial charge in [0.1, 0.15) is 5.75 Å². The molecule has 0 atom stereocenters. The van der Waals surface area contributed by atoms with Crippen molar-refractivity contribution in [1.29, 1.82) is 0 Å². The van der Waals surface area contributed by atoms with Gasteiger partial charge in [0.15, 0.2) is 0 Å². The Bertz CT molecular complexity index is 456. The van der Waals surface area contributed by atoms with Crippen molar-refractivity contribution in [2.45, 2.75) is 19.3 Å². The fourth-order valence-corrected chi connectivity index (χ4v) is 2.48. The standard InChI is InChI=1S/C15H23N3O2/c1-20-14-10-12(9-13(16)11-14)15(19)17-5-8-18-6-3-2-4-7-18/h9-11H,2-8,16H2,1H3,(H,17,19). The van der Waals surface area contributed by atoms with Crippen molar-refractivity contribution in [2.24, 2.45) is 0 Å². The molecule has 1 amide bonds. The molecule has 1 heterocycles. The second kappa shape index (κ2) is 7.14. The van der Waals surface area contributed by atoms with Crippen LogP contribution in [0.5, 0.6) is 5.75 Å². The van der Waals surface area contributed by atoms with Crippen LogP contribution in [0, 0.1) is 0 Å². The first-order valence-corrected chi connectivity index (χ1v) is 7.14. The maximum atomic E-state index is 12.1. The van der Waals surface area contributed by atoms with Gasteiger partial charge in [0.05, 0.1) is 7.11 Å². The molecule has 3 N–H and O–H groups in total. The molecule has 1 fully saturated rings. The normalized spacial score (nSPS) is 15.8. The third kappa shape index (κ3) is 4.13. The van der Waals surface area contributed by atoms with Gasteiger partial charge in [-0.05, 0) is 38.1 Å². The van der Waals surface area contributed by atoms with Crippen LogP contribution in [0.3, 0.4) is 0 Å². The molecular weight excluding hydrogens is 254 g/mol. The average Bonchev–Trinajstić information content (AvgIpc) is 2.47. The summed E-state index contributed by atoms with van der Waals surface area (Å²) < 4.78 is 5.12. The number of anilines is 1. The average molecular weight is 277 g/mol. The SMILES string of the molecule is COc1cc(N)cc(C(=O)NCCN2CCCCC2)c1. The smallest absolute Gasteiger partial charge is 0.251 e. The molecule has 110 valence electrons. The Kier molecular flexibility index (Phi) is 5.24. The van der Waals surface area contributed by atoms with Crippen molar-refractivity contribution in [3.05, 3.63) is 23.8 Å². The van der Waals surface area contributed by atoms with Crippen molar-refractivity contribution in [1.82, 2.24) is 10.2 Å². The number of nitrogens with two attached hydrogens (primary N) is 1. The Balaban J connectivity index is 1.83. The molecule has 2 rings (SSSR count). The van der Waals surface area contributed by atoms with Crippen molar-refractivity contribution in [3.63, 3.8) is 0 Å². The number of ether oxygens (including phenoxy) is 1. The van der Waals surface area contributed by atoms with Gasteiger partial charge in [0.25, 0.3) is 5.91 Å². The van der Waals surface area contributed by atoms with Gasteiger partial charge in [0, 0.05) is 30.4 Å². The zero-order valence-electron chi connectivity index (χ0n) is 12.0. The molecule has 0 radical (unpaired) electrons. The van der Waals surface area contributed by atoms with Gasteiger partial charge in [-0.25, -0.2) is 0 Å². The number of nitrogens with zero attached hydrogens (tertiary/aromatic N) is 1. The molecule has 0 aromatic heterocycles. The van der Waals surface area contributed by atoms with Crippen LogP contribution in [0.4, 0.5) is 5.69 Å². The largest absolute Gasteiger partial charge is 0.497 e. The number of amides is 1. The first-order chi connectivity index (χ1) is 9.69. The number of rotatable bonds is 5. The second-order valence-electron chi connectivity index (χ2n) is 5.15. The Morgan fingerprint density at radius 2 is 2.05 bits per heavy atom. The predicted molar refractivity (Wildman–Crippen MR) is 80.0 cm³/mol. The van der Waals surface area contributed by atoms with Crippen LogP contribution in [-0.4, -0.2) is 44.1 Å². The molecule has 0 aliphatic carbocycles. The van der Waals surface area contributed by atoms with Crippen LogP contribution in [0.25, 0.3) is 0 Å². The van der Waals surface area contributed by atoms with Crippen LogP contribution in [0.15, 0.2) is 18.2 Å². The lowest BCUT2D eigenvalue weighted by atomic mass is 10.1. The lowest BCUT2D eigenvalue weighted by Gasteiger charge is -2.26. The number of hydrogen-bond donors (Lipinski definition) is 2. The maximum Gasteiger partial charge on any atom is 0.251 e. The minimum atomic E-state index is -0.104. The van der Waals surface area contributed by atoms with Crippen molar-refractivity contribution in [3.8, 4) is 5.75 Å². The van der Waals surface area contributed by atoms with E-state index in [-0.39, 0.29) is 5.91 Å². The van der Waals surface area contributed by atoms with E-state index in [0.717, 1.165) is 19.6 Å². The topological polar surface area (TPSA) is 67.6 Å². The molecule has 1 aliphatic rings. The lowest BCUT2D eigenvalue weighted by molar-refractivity contribution is 0.0946. The highest BCUT2D eigenvalue weighted by molar-refractivity contribution is 5.95.